The van der Waals surface area contributed by atoms with Crippen LogP contribution in [0.4, 0.5) is 0 Å². The summed E-state index contributed by atoms with van der Waals surface area (Å²) in [7, 11) is -4.31. The van der Waals surface area contributed by atoms with Gasteiger partial charge >= 0.3 is 7.82 Å². The van der Waals surface area contributed by atoms with Crippen molar-refractivity contribution in [2.24, 2.45) is 5.73 Å². The van der Waals surface area contributed by atoms with Crippen molar-refractivity contribution in [1.29, 1.82) is 0 Å². The van der Waals surface area contributed by atoms with Crippen LogP contribution in [0.15, 0.2) is 0 Å². The lowest BCUT2D eigenvalue weighted by Gasteiger charge is -2.25. The molecule has 0 fully saturated rings. The van der Waals surface area contributed by atoms with E-state index in [9.17, 15) is 19.4 Å². The molecule has 9 heteroatoms. The van der Waals surface area contributed by atoms with Gasteiger partial charge in [-0.2, -0.15) is 0 Å². The molecule has 0 aliphatic rings. The Labute approximate surface area is 335 Å². The minimum Gasteiger partial charge on any atom is -0.391 e. The Hall–Kier alpha value is -0.500. The highest BCUT2D eigenvalue weighted by Crippen LogP contribution is 2.43. The fraction of sp³-hybridized carbons (Fsp3) is 0.978. The van der Waals surface area contributed by atoms with Crippen LogP contribution in [-0.4, -0.2) is 47.8 Å². The Morgan fingerprint density at radius 3 is 1.19 bits per heavy atom. The second-order valence-corrected chi connectivity index (χ2v) is 17.8. The minimum absolute atomic E-state index is 0.0927. The van der Waals surface area contributed by atoms with Crippen LogP contribution in [0, 0.1) is 0 Å². The van der Waals surface area contributed by atoms with Crippen LogP contribution in [0.5, 0.6) is 0 Å². The van der Waals surface area contributed by atoms with Crippen molar-refractivity contribution >= 4 is 13.7 Å². The lowest BCUT2D eigenvalue weighted by atomic mass is 10.0. The van der Waals surface area contributed by atoms with Crippen molar-refractivity contribution < 1.29 is 28.4 Å². The molecule has 0 rings (SSSR count). The van der Waals surface area contributed by atoms with E-state index >= 15 is 0 Å². The first kappa shape index (κ1) is 53.5. The molecule has 324 valence electrons. The molecule has 0 bridgehead atoms. The van der Waals surface area contributed by atoms with Gasteiger partial charge in [-0.1, -0.05) is 232 Å². The van der Waals surface area contributed by atoms with Gasteiger partial charge in [-0.3, -0.25) is 13.8 Å². The third-order valence-corrected chi connectivity index (χ3v) is 11.9. The summed E-state index contributed by atoms with van der Waals surface area (Å²) in [6, 6.07) is -0.767. The van der Waals surface area contributed by atoms with Gasteiger partial charge in [0.15, 0.2) is 0 Å². The number of hydrogen-bond donors (Lipinski definition) is 4. The van der Waals surface area contributed by atoms with Crippen molar-refractivity contribution in [2.45, 2.75) is 264 Å². The zero-order valence-corrected chi connectivity index (χ0v) is 36.9. The van der Waals surface area contributed by atoms with Crippen LogP contribution < -0.4 is 11.1 Å². The Balaban J connectivity index is 4.05. The van der Waals surface area contributed by atoms with E-state index in [1.165, 1.54) is 186 Å². The third-order valence-electron chi connectivity index (χ3n) is 11.0. The van der Waals surface area contributed by atoms with E-state index in [0.717, 1.165) is 38.5 Å². The fourth-order valence-corrected chi connectivity index (χ4v) is 8.13. The monoisotopic (exact) mass is 789 g/mol. The Bertz CT molecular complexity index is 819. The summed E-state index contributed by atoms with van der Waals surface area (Å²) in [4.78, 5) is 22.8. The van der Waals surface area contributed by atoms with E-state index in [2.05, 4.69) is 19.2 Å². The summed E-state index contributed by atoms with van der Waals surface area (Å²) in [6.07, 6.45) is 45.4. The Morgan fingerprint density at radius 1 is 0.537 bits per heavy atom. The van der Waals surface area contributed by atoms with Gasteiger partial charge in [-0.25, -0.2) is 4.57 Å². The number of aliphatic hydroxyl groups excluding tert-OH is 1. The van der Waals surface area contributed by atoms with E-state index in [1.807, 2.05) is 0 Å². The zero-order chi connectivity index (χ0) is 39.6. The number of unbranched alkanes of at least 4 members (excludes halogenated alkanes) is 33. The lowest BCUT2D eigenvalue weighted by molar-refractivity contribution is -0.123. The van der Waals surface area contributed by atoms with E-state index in [0.29, 0.717) is 12.8 Å². The van der Waals surface area contributed by atoms with Crippen molar-refractivity contribution in [1.82, 2.24) is 5.32 Å². The molecule has 0 aromatic carbocycles. The van der Waals surface area contributed by atoms with Crippen molar-refractivity contribution in [2.75, 3.05) is 19.8 Å². The maximum Gasteiger partial charge on any atom is 0.472 e. The van der Waals surface area contributed by atoms with E-state index in [-0.39, 0.29) is 25.7 Å². The number of nitrogens with two attached hydrogens (primary N) is 1. The minimum atomic E-state index is -4.31. The quantitative estimate of drug-likeness (QED) is 0.0357. The van der Waals surface area contributed by atoms with Crippen molar-refractivity contribution in [3.05, 3.63) is 0 Å². The van der Waals surface area contributed by atoms with E-state index in [1.54, 1.807) is 0 Å². The number of rotatable bonds is 45. The normalized spacial score (nSPS) is 13.9. The molecule has 8 nitrogen and oxygen atoms in total. The largest absolute Gasteiger partial charge is 0.472 e. The molecule has 0 aliphatic carbocycles. The zero-order valence-electron chi connectivity index (χ0n) is 36.0. The molecule has 0 saturated carbocycles. The van der Waals surface area contributed by atoms with Gasteiger partial charge in [-0.05, 0) is 12.8 Å². The first-order valence-corrected chi connectivity index (χ1v) is 25.1. The van der Waals surface area contributed by atoms with Crippen LogP contribution in [-0.2, 0) is 18.4 Å². The standard InChI is InChI=1S/C45H93N2O6P/c1-3-5-7-9-11-13-15-17-19-20-21-22-23-25-26-28-30-32-34-36-38-44(48)43(42-53-54(50,51)52-41-40-46)47-45(49)39-37-35-33-31-29-27-24-18-16-14-12-10-8-6-4-2/h43-44,48H,3-42,46H2,1-2H3,(H,47,49)(H,50,51). The summed E-state index contributed by atoms with van der Waals surface area (Å²) in [6.45, 7) is 4.25. The molecule has 0 radical (unpaired) electrons. The molecule has 0 aromatic rings. The fourth-order valence-electron chi connectivity index (χ4n) is 7.37. The van der Waals surface area contributed by atoms with Crippen LogP contribution in [0.1, 0.15) is 251 Å². The highest BCUT2D eigenvalue weighted by atomic mass is 31.2. The number of hydrogen-bond acceptors (Lipinski definition) is 6. The second-order valence-electron chi connectivity index (χ2n) is 16.3. The van der Waals surface area contributed by atoms with E-state index in [4.69, 9.17) is 14.8 Å². The smallest absolute Gasteiger partial charge is 0.391 e. The third kappa shape index (κ3) is 39.7. The average molecular weight is 789 g/mol. The molecule has 3 atom stereocenters. The summed E-state index contributed by atoms with van der Waals surface area (Å²) >= 11 is 0. The van der Waals surface area contributed by atoms with Gasteiger partial charge in [0.05, 0.1) is 25.4 Å². The molecule has 54 heavy (non-hydrogen) atoms. The number of phosphoric acid groups is 1. The Morgan fingerprint density at radius 2 is 0.852 bits per heavy atom. The molecular weight excluding hydrogens is 695 g/mol. The molecule has 5 N–H and O–H groups in total. The van der Waals surface area contributed by atoms with Gasteiger partial charge in [0.2, 0.25) is 5.91 Å². The number of aliphatic hydroxyl groups is 1. The molecule has 0 aliphatic heterocycles. The summed E-state index contributed by atoms with van der Waals surface area (Å²) < 4.78 is 22.2. The van der Waals surface area contributed by atoms with Gasteiger partial charge in [0.1, 0.15) is 0 Å². The number of amides is 1. The van der Waals surface area contributed by atoms with Gasteiger partial charge in [-0.15, -0.1) is 0 Å². The van der Waals surface area contributed by atoms with E-state index < -0.39 is 20.0 Å². The predicted molar refractivity (Wildman–Crippen MR) is 231 cm³/mol. The number of carbonyl (C=O) groups excluding carboxylic acids is 1. The van der Waals surface area contributed by atoms with Gasteiger partial charge in [0, 0.05) is 13.0 Å². The van der Waals surface area contributed by atoms with Crippen molar-refractivity contribution in [3.8, 4) is 0 Å². The molecular formula is C45H93N2O6P. The first-order chi connectivity index (χ1) is 26.4. The average Bonchev–Trinajstić information content (AvgIpc) is 3.16. The van der Waals surface area contributed by atoms with Crippen LogP contribution in [0.2, 0.25) is 0 Å². The topological polar surface area (TPSA) is 131 Å². The predicted octanol–water partition coefficient (Wildman–Crippen LogP) is 13.4. The molecule has 0 heterocycles. The van der Waals surface area contributed by atoms with Crippen LogP contribution in [0.25, 0.3) is 0 Å². The summed E-state index contributed by atoms with van der Waals surface area (Å²) in [5.74, 6) is -0.156. The second kappa shape index (κ2) is 42.1. The highest BCUT2D eigenvalue weighted by molar-refractivity contribution is 7.47. The maximum absolute atomic E-state index is 12.8. The number of phosphoric ester groups is 1. The van der Waals surface area contributed by atoms with Crippen LogP contribution >= 0.6 is 7.82 Å². The van der Waals surface area contributed by atoms with Gasteiger partial charge in [0.25, 0.3) is 0 Å². The molecule has 1 amide bonds. The van der Waals surface area contributed by atoms with Crippen molar-refractivity contribution in [3.63, 3.8) is 0 Å². The first-order valence-electron chi connectivity index (χ1n) is 23.7. The summed E-state index contributed by atoms with van der Waals surface area (Å²) in [5, 5.41) is 13.8. The molecule has 0 saturated heterocycles. The highest BCUT2D eigenvalue weighted by Gasteiger charge is 2.27. The van der Waals surface area contributed by atoms with Crippen LogP contribution in [0.3, 0.4) is 0 Å². The maximum atomic E-state index is 12.8. The summed E-state index contributed by atoms with van der Waals surface area (Å²) in [5.41, 5.74) is 5.39. The molecule has 0 aromatic heterocycles. The number of nitrogens with one attached hydrogen (secondary N) is 1. The molecule has 3 unspecified atom stereocenters. The molecule has 0 spiro atoms. The number of carbonyl (C=O) groups is 1. The SMILES string of the molecule is CCCCCCCCCCCCCCCCCCCCCCC(O)C(COP(=O)(O)OCCN)NC(=O)CCCCCCCCCCCCCCCCC. The lowest BCUT2D eigenvalue weighted by Crippen LogP contribution is -2.46. The Kier molecular flexibility index (Phi) is 41.7. The van der Waals surface area contributed by atoms with Gasteiger partial charge < -0.3 is 21.1 Å².